The number of nitrogens with zero attached hydrogens (tertiary/aromatic N) is 3. The summed E-state index contributed by atoms with van der Waals surface area (Å²) >= 11 is 0. The van der Waals surface area contributed by atoms with Crippen molar-refractivity contribution in [2.45, 2.75) is 6.92 Å². The Morgan fingerprint density at radius 2 is 1.71 bits per heavy atom. The molecule has 0 saturated carbocycles. The molecule has 1 amide bonds. The molecule has 0 saturated heterocycles. The van der Waals surface area contributed by atoms with Gasteiger partial charge in [-0.05, 0) is 43.3 Å². The average molecular weight is 377 g/mol. The number of carbonyl (C=O) groups excluding carboxylic acids is 1. The molecule has 0 unspecified atom stereocenters. The lowest BCUT2D eigenvalue weighted by Gasteiger charge is -2.13. The molecular formula is C21H23N5O2. The Kier molecular flexibility index (Phi) is 6.06. The van der Waals surface area contributed by atoms with Gasteiger partial charge in [0.2, 0.25) is 0 Å². The molecule has 0 radical (unpaired) electrons. The van der Waals surface area contributed by atoms with Gasteiger partial charge in [-0.3, -0.25) is 4.79 Å². The highest BCUT2D eigenvalue weighted by Crippen LogP contribution is 2.20. The van der Waals surface area contributed by atoms with Crippen molar-refractivity contribution in [3.63, 3.8) is 0 Å². The van der Waals surface area contributed by atoms with E-state index >= 15 is 0 Å². The van der Waals surface area contributed by atoms with E-state index in [-0.39, 0.29) is 12.5 Å². The zero-order valence-electron chi connectivity index (χ0n) is 16.1. The number of ether oxygens (including phenoxy) is 1. The number of hydrogen-bond donors (Lipinski definition) is 2. The van der Waals surface area contributed by atoms with Gasteiger partial charge >= 0.3 is 0 Å². The highest BCUT2D eigenvalue weighted by Gasteiger charge is 2.05. The van der Waals surface area contributed by atoms with Gasteiger partial charge < -0.3 is 20.3 Å². The number of carbonyl (C=O) groups is 1. The van der Waals surface area contributed by atoms with E-state index in [4.69, 9.17) is 4.74 Å². The molecule has 0 aliphatic rings. The summed E-state index contributed by atoms with van der Waals surface area (Å²) in [5, 5.41) is 14.1. The lowest BCUT2D eigenvalue weighted by Crippen LogP contribution is -2.20. The second-order valence-corrected chi connectivity index (χ2v) is 6.55. The second kappa shape index (κ2) is 8.85. The third kappa shape index (κ3) is 5.44. The number of aromatic nitrogens is 2. The molecule has 2 aromatic carbocycles. The van der Waals surface area contributed by atoms with Gasteiger partial charge in [0.05, 0.1) is 11.9 Å². The number of aryl methyl sites for hydroxylation is 1. The molecule has 0 fully saturated rings. The average Bonchev–Trinajstić information content (AvgIpc) is 2.69. The lowest BCUT2D eigenvalue weighted by molar-refractivity contribution is -0.118. The zero-order chi connectivity index (χ0) is 19.9. The third-order valence-electron chi connectivity index (χ3n) is 3.99. The van der Waals surface area contributed by atoms with Crippen LogP contribution in [0.25, 0.3) is 0 Å². The normalized spacial score (nSPS) is 10.2. The van der Waals surface area contributed by atoms with Crippen molar-refractivity contribution in [1.29, 1.82) is 0 Å². The molecule has 1 heterocycles. The molecule has 0 aliphatic carbocycles. The van der Waals surface area contributed by atoms with E-state index in [1.165, 1.54) is 0 Å². The Morgan fingerprint density at radius 3 is 2.39 bits per heavy atom. The molecule has 0 atom stereocenters. The Morgan fingerprint density at radius 1 is 1.04 bits per heavy atom. The summed E-state index contributed by atoms with van der Waals surface area (Å²) in [6.45, 7) is 1.95. The molecule has 0 bridgehead atoms. The Bertz CT molecular complexity index is 924. The molecule has 2 N–H and O–H groups in total. The van der Waals surface area contributed by atoms with Crippen molar-refractivity contribution in [2.24, 2.45) is 0 Å². The molecule has 3 rings (SSSR count). The topological polar surface area (TPSA) is 79.4 Å². The van der Waals surface area contributed by atoms with Crippen LogP contribution in [0.2, 0.25) is 0 Å². The molecule has 0 spiro atoms. The van der Waals surface area contributed by atoms with E-state index in [0.29, 0.717) is 17.3 Å². The van der Waals surface area contributed by atoms with E-state index in [9.17, 15) is 4.79 Å². The lowest BCUT2D eigenvalue weighted by atomic mass is 10.2. The Balaban J connectivity index is 1.53. The summed E-state index contributed by atoms with van der Waals surface area (Å²) in [5.74, 6) is 1.10. The molecule has 144 valence electrons. The smallest absolute Gasteiger partial charge is 0.262 e. The van der Waals surface area contributed by atoms with Crippen molar-refractivity contribution >= 4 is 28.8 Å². The summed E-state index contributed by atoms with van der Waals surface area (Å²) in [4.78, 5) is 14.0. The molecule has 7 heteroatoms. The highest BCUT2D eigenvalue weighted by molar-refractivity contribution is 5.92. The fourth-order valence-corrected chi connectivity index (χ4v) is 2.43. The zero-order valence-corrected chi connectivity index (χ0v) is 16.1. The van der Waals surface area contributed by atoms with Crippen LogP contribution in [-0.2, 0) is 4.79 Å². The van der Waals surface area contributed by atoms with Crippen molar-refractivity contribution in [1.82, 2.24) is 10.2 Å². The first kappa shape index (κ1) is 19.2. The van der Waals surface area contributed by atoms with Crippen molar-refractivity contribution in [2.75, 3.05) is 36.2 Å². The van der Waals surface area contributed by atoms with Crippen LogP contribution in [0.5, 0.6) is 5.75 Å². The monoisotopic (exact) mass is 377 g/mol. The SMILES string of the molecule is Cc1ccc(OCC(=O)Nc2ccc(Nc3cc(N(C)C)cnn3)cc2)cc1. The number of anilines is 4. The van der Waals surface area contributed by atoms with E-state index in [0.717, 1.165) is 16.9 Å². The standard InChI is InChI=1S/C21H23N5O2/c1-15-4-10-19(11-5-15)28-14-21(27)24-17-8-6-16(7-9-17)23-20-12-18(26(2)3)13-22-25-20/h4-13H,14H2,1-3H3,(H,23,25)(H,24,27). The first-order valence-corrected chi connectivity index (χ1v) is 8.86. The van der Waals surface area contributed by atoms with Gasteiger partial charge in [-0.25, -0.2) is 0 Å². The maximum Gasteiger partial charge on any atom is 0.262 e. The molecule has 28 heavy (non-hydrogen) atoms. The maximum absolute atomic E-state index is 12.1. The first-order chi connectivity index (χ1) is 13.5. The van der Waals surface area contributed by atoms with Crippen LogP contribution in [0.3, 0.4) is 0 Å². The van der Waals surface area contributed by atoms with Crippen LogP contribution in [0.15, 0.2) is 60.8 Å². The number of rotatable bonds is 7. The molecular weight excluding hydrogens is 354 g/mol. The molecule has 3 aromatic rings. The van der Waals surface area contributed by atoms with Gasteiger partial charge in [-0.1, -0.05) is 17.7 Å². The largest absolute Gasteiger partial charge is 0.484 e. The van der Waals surface area contributed by atoms with Gasteiger partial charge in [0.15, 0.2) is 12.4 Å². The van der Waals surface area contributed by atoms with Crippen LogP contribution in [0, 0.1) is 6.92 Å². The summed E-state index contributed by atoms with van der Waals surface area (Å²) in [7, 11) is 3.89. The van der Waals surface area contributed by atoms with Crippen molar-refractivity contribution in [3.05, 3.63) is 66.4 Å². The van der Waals surface area contributed by atoms with Crippen molar-refractivity contribution in [3.8, 4) is 5.75 Å². The Hall–Kier alpha value is -3.61. The molecule has 1 aromatic heterocycles. The number of hydrogen-bond acceptors (Lipinski definition) is 6. The quantitative estimate of drug-likeness (QED) is 0.655. The number of benzene rings is 2. The summed E-state index contributed by atoms with van der Waals surface area (Å²) in [6, 6.07) is 16.8. The molecule has 7 nitrogen and oxygen atoms in total. The third-order valence-corrected chi connectivity index (χ3v) is 3.99. The summed E-state index contributed by atoms with van der Waals surface area (Å²) in [6.07, 6.45) is 1.70. The first-order valence-electron chi connectivity index (χ1n) is 8.86. The Labute approximate surface area is 164 Å². The van der Waals surface area contributed by atoms with E-state index < -0.39 is 0 Å². The van der Waals surface area contributed by atoms with Crippen LogP contribution >= 0.6 is 0 Å². The van der Waals surface area contributed by atoms with Crippen LogP contribution in [0.1, 0.15) is 5.56 Å². The van der Waals surface area contributed by atoms with Gasteiger partial charge in [0.1, 0.15) is 5.75 Å². The van der Waals surface area contributed by atoms with Crippen molar-refractivity contribution < 1.29 is 9.53 Å². The summed E-state index contributed by atoms with van der Waals surface area (Å²) < 4.78 is 5.48. The van der Waals surface area contributed by atoms with Gasteiger partial charge in [0.25, 0.3) is 5.91 Å². The number of amides is 1. The minimum Gasteiger partial charge on any atom is -0.484 e. The highest BCUT2D eigenvalue weighted by atomic mass is 16.5. The number of nitrogens with one attached hydrogen (secondary N) is 2. The molecule has 0 aliphatic heterocycles. The van der Waals surface area contributed by atoms with Gasteiger partial charge in [-0.2, -0.15) is 5.10 Å². The van der Waals surface area contributed by atoms with Crippen LogP contribution in [-0.4, -0.2) is 36.8 Å². The fraction of sp³-hybridized carbons (Fsp3) is 0.190. The predicted molar refractivity (Wildman–Crippen MR) is 111 cm³/mol. The fourth-order valence-electron chi connectivity index (χ4n) is 2.43. The van der Waals surface area contributed by atoms with E-state index in [2.05, 4.69) is 20.8 Å². The van der Waals surface area contributed by atoms with Gasteiger partial charge in [-0.15, -0.1) is 5.10 Å². The van der Waals surface area contributed by atoms with Crippen LogP contribution < -0.4 is 20.3 Å². The second-order valence-electron chi connectivity index (χ2n) is 6.55. The van der Waals surface area contributed by atoms with Crippen LogP contribution in [0.4, 0.5) is 22.9 Å². The predicted octanol–water partition coefficient (Wildman–Crippen LogP) is 3.61. The minimum atomic E-state index is -0.217. The van der Waals surface area contributed by atoms with E-state index in [1.54, 1.807) is 6.20 Å². The van der Waals surface area contributed by atoms with E-state index in [1.807, 2.05) is 80.5 Å². The minimum absolute atomic E-state index is 0.0457. The maximum atomic E-state index is 12.1. The van der Waals surface area contributed by atoms with Gasteiger partial charge in [0, 0.05) is 31.5 Å². The summed E-state index contributed by atoms with van der Waals surface area (Å²) in [5.41, 5.74) is 3.63.